The van der Waals surface area contributed by atoms with Crippen LogP contribution in [0.5, 0.6) is 5.75 Å². The normalized spacial score (nSPS) is 13.1. The third-order valence-electron chi connectivity index (χ3n) is 3.18. The average Bonchev–Trinajstić information content (AvgIpc) is 2.54. The van der Waals surface area contributed by atoms with Gasteiger partial charge in [-0.2, -0.15) is 0 Å². The molecule has 0 aliphatic rings. The van der Waals surface area contributed by atoms with Crippen LogP contribution >= 0.6 is 0 Å². The van der Waals surface area contributed by atoms with Gasteiger partial charge in [0.25, 0.3) is 0 Å². The van der Waals surface area contributed by atoms with Crippen molar-refractivity contribution in [2.45, 2.75) is 46.3 Å². The van der Waals surface area contributed by atoms with Crippen molar-refractivity contribution in [3.05, 3.63) is 29.8 Å². The summed E-state index contributed by atoms with van der Waals surface area (Å²) in [5.41, 5.74) is 0.812. The van der Waals surface area contributed by atoms with E-state index in [-0.39, 0.29) is 31.1 Å². The molecule has 26 heavy (non-hydrogen) atoms. The molecule has 0 saturated carbocycles. The number of aliphatic hydroxyl groups excluding tert-OH is 1. The van der Waals surface area contributed by atoms with Crippen LogP contribution < -0.4 is 20.7 Å². The van der Waals surface area contributed by atoms with Gasteiger partial charge >= 0.3 is 0 Å². The highest BCUT2D eigenvalue weighted by Crippen LogP contribution is 2.12. The molecule has 0 aliphatic heterocycles. The highest BCUT2D eigenvalue weighted by atomic mass is 16.5. The first-order valence-corrected chi connectivity index (χ1v) is 8.90. The highest BCUT2D eigenvalue weighted by Gasteiger charge is 2.13. The molecule has 0 radical (unpaired) electrons. The fraction of sp³-hybridized carbons (Fsp3) is 0.579. The molecule has 0 bridgehead atoms. The molecular formula is C19H32N4O3. The Hall–Kier alpha value is -2.28. The second kappa shape index (κ2) is 10.7. The molecule has 0 aromatic heterocycles. The number of aliphatic hydroxyl groups is 1. The zero-order valence-corrected chi connectivity index (χ0v) is 16.4. The lowest BCUT2D eigenvalue weighted by Crippen LogP contribution is -2.44. The molecule has 0 saturated heterocycles. The second-order valence-corrected chi connectivity index (χ2v) is 7.16. The van der Waals surface area contributed by atoms with Gasteiger partial charge in [-0.15, -0.1) is 0 Å². The van der Waals surface area contributed by atoms with Gasteiger partial charge in [0.05, 0.1) is 0 Å². The number of hydrogen-bond acceptors (Lipinski definition) is 4. The van der Waals surface area contributed by atoms with Crippen LogP contribution in [-0.4, -0.2) is 54.9 Å². The summed E-state index contributed by atoms with van der Waals surface area (Å²) in [6, 6.07) is 7.67. The van der Waals surface area contributed by atoms with Crippen molar-refractivity contribution >= 4 is 11.9 Å². The number of carbonyl (C=O) groups is 1. The molecule has 1 atom stereocenters. The molecule has 146 valence electrons. The monoisotopic (exact) mass is 364 g/mol. The van der Waals surface area contributed by atoms with Crippen LogP contribution in [0.2, 0.25) is 0 Å². The Balaban J connectivity index is 2.43. The molecule has 0 fully saturated rings. The third-order valence-corrected chi connectivity index (χ3v) is 3.18. The number of rotatable bonds is 8. The lowest BCUT2D eigenvalue weighted by atomic mass is 10.1. The number of nitrogens with zero attached hydrogens (tertiary/aromatic N) is 1. The van der Waals surface area contributed by atoms with Crippen LogP contribution in [0.25, 0.3) is 0 Å². The molecule has 1 amide bonds. The fourth-order valence-electron chi connectivity index (χ4n) is 2.12. The quantitative estimate of drug-likeness (QED) is 0.411. The molecule has 7 heteroatoms. The minimum atomic E-state index is -0.706. The maximum absolute atomic E-state index is 11.8. The number of amides is 1. The standard InChI is InChI=1S/C19H32N4O3/c1-6-20-18(22-12-17(25)23-19(3,4)5)21-11-15(24)13-26-16-9-7-8-14(2)10-16/h7-10,15,24H,6,11-13H2,1-5H3,(H,23,25)(H2,20,21,22). The first-order chi connectivity index (χ1) is 12.2. The maximum atomic E-state index is 11.8. The number of nitrogens with one attached hydrogen (secondary N) is 3. The molecular weight excluding hydrogens is 332 g/mol. The smallest absolute Gasteiger partial charge is 0.242 e. The first-order valence-electron chi connectivity index (χ1n) is 8.90. The van der Waals surface area contributed by atoms with E-state index in [4.69, 9.17) is 4.74 Å². The van der Waals surface area contributed by atoms with E-state index in [0.717, 1.165) is 11.3 Å². The van der Waals surface area contributed by atoms with Crippen molar-refractivity contribution in [3.63, 3.8) is 0 Å². The second-order valence-electron chi connectivity index (χ2n) is 7.16. The lowest BCUT2D eigenvalue weighted by molar-refractivity contribution is -0.121. The van der Waals surface area contributed by atoms with E-state index in [1.54, 1.807) is 0 Å². The van der Waals surface area contributed by atoms with Crippen LogP contribution in [-0.2, 0) is 4.79 Å². The summed E-state index contributed by atoms with van der Waals surface area (Å²) in [5.74, 6) is 1.05. The number of hydrogen-bond donors (Lipinski definition) is 4. The molecule has 1 unspecified atom stereocenters. The van der Waals surface area contributed by atoms with E-state index in [9.17, 15) is 9.90 Å². The Morgan fingerprint density at radius 3 is 2.65 bits per heavy atom. The summed E-state index contributed by atoms with van der Waals surface area (Å²) in [7, 11) is 0. The van der Waals surface area contributed by atoms with Crippen LogP contribution in [0.15, 0.2) is 29.3 Å². The Bertz CT molecular complexity index is 597. The third kappa shape index (κ3) is 9.88. The molecule has 4 N–H and O–H groups in total. The van der Waals surface area contributed by atoms with E-state index < -0.39 is 6.10 Å². The van der Waals surface area contributed by atoms with Crippen LogP contribution in [0.4, 0.5) is 0 Å². The van der Waals surface area contributed by atoms with E-state index in [1.807, 2.05) is 58.9 Å². The SMILES string of the molecule is CCNC(=NCC(=O)NC(C)(C)C)NCC(O)COc1cccc(C)c1. The van der Waals surface area contributed by atoms with Crippen molar-refractivity contribution < 1.29 is 14.6 Å². The Kier molecular flexibility index (Phi) is 8.92. The Morgan fingerprint density at radius 1 is 1.31 bits per heavy atom. The van der Waals surface area contributed by atoms with Gasteiger partial charge in [-0.3, -0.25) is 4.79 Å². The van der Waals surface area contributed by atoms with E-state index >= 15 is 0 Å². The molecule has 1 rings (SSSR count). The van der Waals surface area contributed by atoms with Gasteiger partial charge in [-0.25, -0.2) is 4.99 Å². The van der Waals surface area contributed by atoms with Gasteiger partial charge in [-0.1, -0.05) is 12.1 Å². The lowest BCUT2D eigenvalue weighted by Gasteiger charge is -2.20. The molecule has 1 aromatic rings. The summed E-state index contributed by atoms with van der Waals surface area (Å²) >= 11 is 0. The van der Waals surface area contributed by atoms with Crippen LogP contribution in [0.1, 0.15) is 33.3 Å². The number of guanidine groups is 1. The van der Waals surface area contributed by atoms with E-state index in [1.165, 1.54) is 0 Å². The zero-order chi connectivity index (χ0) is 19.6. The molecule has 0 aliphatic carbocycles. The highest BCUT2D eigenvalue weighted by molar-refractivity contribution is 5.85. The Labute approximate surface area is 156 Å². The summed E-state index contributed by atoms with van der Waals surface area (Å²) in [5, 5.41) is 19.0. The fourth-order valence-corrected chi connectivity index (χ4v) is 2.12. The van der Waals surface area contributed by atoms with Crippen molar-refractivity contribution in [2.75, 3.05) is 26.2 Å². The number of aryl methyl sites for hydroxylation is 1. The van der Waals surface area contributed by atoms with E-state index in [2.05, 4.69) is 20.9 Å². The number of ether oxygens (including phenoxy) is 1. The molecule has 1 aromatic carbocycles. The summed E-state index contributed by atoms with van der Waals surface area (Å²) < 4.78 is 5.58. The van der Waals surface area contributed by atoms with Gasteiger partial charge in [-0.05, 0) is 52.3 Å². The summed E-state index contributed by atoms with van der Waals surface area (Å²) in [6.07, 6.45) is -0.706. The molecule has 0 spiro atoms. The van der Waals surface area contributed by atoms with Gasteiger partial charge in [0.2, 0.25) is 5.91 Å². The Morgan fingerprint density at radius 2 is 2.04 bits per heavy atom. The van der Waals surface area contributed by atoms with Gasteiger partial charge in [0, 0.05) is 18.6 Å². The number of carbonyl (C=O) groups excluding carboxylic acids is 1. The van der Waals surface area contributed by atoms with Gasteiger partial charge in [0.15, 0.2) is 5.96 Å². The largest absolute Gasteiger partial charge is 0.491 e. The summed E-state index contributed by atoms with van der Waals surface area (Å²) in [6.45, 7) is 10.8. The minimum absolute atomic E-state index is 0.0164. The number of aliphatic imine (C=N–C) groups is 1. The minimum Gasteiger partial charge on any atom is -0.491 e. The first kappa shape index (κ1) is 21.8. The predicted molar refractivity (Wildman–Crippen MR) is 105 cm³/mol. The average molecular weight is 364 g/mol. The zero-order valence-electron chi connectivity index (χ0n) is 16.4. The molecule has 0 heterocycles. The topological polar surface area (TPSA) is 95.0 Å². The van der Waals surface area contributed by atoms with Crippen molar-refractivity contribution in [1.29, 1.82) is 0 Å². The summed E-state index contributed by atoms with van der Waals surface area (Å²) in [4.78, 5) is 16.1. The van der Waals surface area contributed by atoms with Gasteiger partial charge < -0.3 is 25.8 Å². The van der Waals surface area contributed by atoms with Gasteiger partial charge in [0.1, 0.15) is 25.0 Å². The van der Waals surface area contributed by atoms with Crippen LogP contribution in [0.3, 0.4) is 0 Å². The predicted octanol–water partition coefficient (Wildman–Crippen LogP) is 1.20. The number of benzene rings is 1. The molecule has 7 nitrogen and oxygen atoms in total. The van der Waals surface area contributed by atoms with Crippen LogP contribution in [0, 0.1) is 6.92 Å². The van der Waals surface area contributed by atoms with Crippen molar-refractivity contribution in [3.8, 4) is 5.75 Å². The van der Waals surface area contributed by atoms with Crippen molar-refractivity contribution in [2.24, 2.45) is 4.99 Å². The van der Waals surface area contributed by atoms with Crippen molar-refractivity contribution in [1.82, 2.24) is 16.0 Å². The maximum Gasteiger partial charge on any atom is 0.242 e. The van der Waals surface area contributed by atoms with E-state index in [0.29, 0.717) is 12.5 Å².